The number of aliphatic hydroxyl groups is 1. The van der Waals surface area contributed by atoms with Crippen LogP contribution in [0.15, 0.2) is 0 Å². The zero-order valence-electron chi connectivity index (χ0n) is 14.3. The Kier molecular flexibility index (Phi) is 17.0. The van der Waals surface area contributed by atoms with E-state index in [9.17, 15) is 0 Å². The molecule has 0 aromatic carbocycles. The molecular formula is C19H40O. The monoisotopic (exact) mass is 284 g/mol. The highest BCUT2D eigenvalue weighted by Gasteiger charge is 2.02. The van der Waals surface area contributed by atoms with E-state index in [-0.39, 0.29) is 0 Å². The molecule has 1 nitrogen and oxygen atoms in total. The van der Waals surface area contributed by atoms with Crippen LogP contribution in [0.1, 0.15) is 110 Å². The lowest BCUT2D eigenvalue weighted by molar-refractivity contribution is 0.282. The normalized spacial score (nSPS) is 12.8. The Hall–Kier alpha value is -0.0400. The van der Waals surface area contributed by atoms with Crippen LogP contribution in [0.2, 0.25) is 0 Å². The van der Waals surface area contributed by atoms with Gasteiger partial charge in [-0.1, -0.05) is 104 Å². The van der Waals surface area contributed by atoms with Gasteiger partial charge in [-0.15, -0.1) is 0 Å². The maximum Gasteiger partial charge on any atom is 0.0431 e. The summed E-state index contributed by atoms with van der Waals surface area (Å²) >= 11 is 0. The van der Waals surface area contributed by atoms with E-state index in [0.717, 1.165) is 12.3 Å². The molecule has 0 aromatic rings. The summed E-state index contributed by atoms with van der Waals surface area (Å²) in [6.07, 6.45) is 20.6. The number of rotatable bonds is 16. The maximum atomic E-state index is 8.70. The Morgan fingerprint density at radius 2 is 1.00 bits per heavy atom. The van der Waals surface area contributed by atoms with Crippen LogP contribution in [-0.2, 0) is 0 Å². The second-order valence-electron chi connectivity index (χ2n) is 6.65. The molecule has 0 saturated heterocycles. The first-order valence-electron chi connectivity index (χ1n) is 9.42. The summed E-state index contributed by atoms with van der Waals surface area (Å²) in [7, 11) is 0. The van der Waals surface area contributed by atoms with Gasteiger partial charge in [-0.25, -0.2) is 0 Å². The zero-order valence-corrected chi connectivity index (χ0v) is 14.3. The van der Waals surface area contributed by atoms with Gasteiger partial charge in [0.1, 0.15) is 0 Å². The second-order valence-corrected chi connectivity index (χ2v) is 6.65. The zero-order chi connectivity index (χ0) is 14.9. The van der Waals surface area contributed by atoms with E-state index in [0.29, 0.717) is 6.61 Å². The van der Waals surface area contributed by atoms with Crippen LogP contribution in [0.4, 0.5) is 0 Å². The average Bonchev–Trinajstić information content (AvgIpc) is 2.45. The SMILES string of the molecule is CCCCCCCCCC(C)CCCCCCCCO. The molecule has 0 saturated carbocycles. The fourth-order valence-electron chi connectivity index (χ4n) is 2.91. The third kappa shape index (κ3) is 16.0. The van der Waals surface area contributed by atoms with Crippen molar-refractivity contribution < 1.29 is 5.11 Å². The van der Waals surface area contributed by atoms with Gasteiger partial charge >= 0.3 is 0 Å². The highest BCUT2D eigenvalue weighted by molar-refractivity contribution is 4.55. The predicted molar refractivity (Wildman–Crippen MR) is 91.2 cm³/mol. The van der Waals surface area contributed by atoms with Crippen molar-refractivity contribution in [1.29, 1.82) is 0 Å². The molecule has 1 unspecified atom stereocenters. The molecule has 0 spiro atoms. The molecule has 1 N–H and O–H groups in total. The molecule has 0 amide bonds. The van der Waals surface area contributed by atoms with Crippen molar-refractivity contribution in [3.63, 3.8) is 0 Å². The molecule has 0 fully saturated rings. The molecule has 0 radical (unpaired) electrons. The molecular weight excluding hydrogens is 244 g/mol. The minimum Gasteiger partial charge on any atom is -0.396 e. The minimum absolute atomic E-state index is 0.371. The largest absolute Gasteiger partial charge is 0.396 e. The summed E-state index contributed by atoms with van der Waals surface area (Å²) < 4.78 is 0. The van der Waals surface area contributed by atoms with Gasteiger partial charge in [0, 0.05) is 6.61 Å². The fourth-order valence-corrected chi connectivity index (χ4v) is 2.91. The van der Waals surface area contributed by atoms with Crippen LogP contribution < -0.4 is 0 Å². The van der Waals surface area contributed by atoms with E-state index in [2.05, 4.69) is 13.8 Å². The quantitative estimate of drug-likeness (QED) is 0.321. The third-order valence-corrected chi connectivity index (χ3v) is 4.41. The topological polar surface area (TPSA) is 20.2 Å². The van der Waals surface area contributed by atoms with Crippen LogP contribution in [0.3, 0.4) is 0 Å². The van der Waals surface area contributed by atoms with Crippen LogP contribution >= 0.6 is 0 Å². The van der Waals surface area contributed by atoms with E-state index < -0.39 is 0 Å². The standard InChI is InChI=1S/C19H40O/c1-3-4-5-6-7-10-13-16-19(2)17-14-11-8-9-12-15-18-20/h19-20H,3-18H2,1-2H3. The van der Waals surface area contributed by atoms with E-state index in [4.69, 9.17) is 5.11 Å². The van der Waals surface area contributed by atoms with E-state index in [1.54, 1.807) is 0 Å². The molecule has 1 atom stereocenters. The van der Waals surface area contributed by atoms with Crippen LogP contribution in [0.25, 0.3) is 0 Å². The van der Waals surface area contributed by atoms with Gasteiger partial charge in [-0.2, -0.15) is 0 Å². The molecule has 1 heteroatoms. The molecule has 0 aromatic heterocycles. The second kappa shape index (κ2) is 17.0. The Labute approximate surface area is 128 Å². The molecule has 0 heterocycles. The van der Waals surface area contributed by atoms with Crippen molar-refractivity contribution in [3.8, 4) is 0 Å². The first-order valence-corrected chi connectivity index (χ1v) is 9.42. The Morgan fingerprint density at radius 3 is 1.45 bits per heavy atom. The van der Waals surface area contributed by atoms with Gasteiger partial charge in [0.05, 0.1) is 0 Å². The highest BCUT2D eigenvalue weighted by Crippen LogP contribution is 2.18. The van der Waals surface area contributed by atoms with Crippen molar-refractivity contribution in [1.82, 2.24) is 0 Å². The highest BCUT2D eigenvalue weighted by atomic mass is 16.2. The third-order valence-electron chi connectivity index (χ3n) is 4.41. The fraction of sp³-hybridized carbons (Fsp3) is 1.00. The molecule has 0 bridgehead atoms. The summed E-state index contributed by atoms with van der Waals surface area (Å²) in [5.74, 6) is 0.933. The lowest BCUT2D eigenvalue weighted by Gasteiger charge is -2.11. The van der Waals surface area contributed by atoms with Crippen molar-refractivity contribution >= 4 is 0 Å². The lowest BCUT2D eigenvalue weighted by atomic mass is 9.96. The van der Waals surface area contributed by atoms with Crippen LogP contribution in [-0.4, -0.2) is 11.7 Å². The predicted octanol–water partition coefficient (Wildman–Crippen LogP) is 6.49. The first-order chi connectivity index (χ1) is 9.81. The van der Waals surface area contributed by atoms with E-state index in [1.807, 2.05) is 0 Å². The Morgan fingerprint density at radius 1 is 0.600 bits per heavy atom. The average molecular weight is 285 g/mol. The summed E-state index contributed by atoms with van der Waals surface area (Å²) in [5.41, 5.74) is 0. The number of unbranched alkanes of at least 4 members (excludes halogenated alkanes) is 11. The van der Waals surface area contributed by atoms with Crippen LogP contribution in [0.5, 0.6) is 0 Å². The van der Waals surface area contributed by atoms with Gasteiger partial charge in [0.25, 0.3) is 0 Å². The minimum atomic E-state index is 0.371. The number of aliphatic hydroxyl groups excluding tert-OH is 1. The van der Waals surface area contributed by atoms with Gasteiger partial charge in [0.15, 0.2) is 0 Å². The summed E-state index contributed by atoms with van der Waals surface area (Å²) in [6, 6.07) is 0. The van der Waals surface area contributed by atoms with E-state index >= 15 is 0 Å². The van der Waals surface area contributed by atoms with Crippen molar-refractivity contribution in [3.05, 3.63) is 0 Å². The summed E-state index contributed by atoms with van der Waals surface area (Å²) in [5, 5.41) is 8.70. The molecule has 20 heavy (non-hydrogen) atoms. The van der Waals surface area contributed by atoms with Gasteiger partial charge in [0.2, 0.25) is 0 Å². The first kappa shape index (κ1) is 20.0. The Bertz CT molecular complexity index is 149. The van der Waals surface area contributed by atoms with E-state index in [1.165, 1.54) is 89.9 Å². The maximum absolute atomic E-state index is 8.70. The smallest absolute Gasteiger partial charge is 0.0431 e. The van der Waals surface area contributed by atoms with Crippen molar-refractivity contribution in [2.45, 2.75) is 110 Å². The number of hydrogen-bond acceptors (Lipinski definition) is 1. The van der Waals surface area contributed by atoms with Crippen molar-refractivity contribution in [2.75, 3.05) is 6.61 Å². The van der Waals surface area contributed by atoms with Crippen LogP contribution in [0, 0.1) is 5.92 Å². The lowest BCUT2D eigenvalue weighted by Crippen LogP contribution is -1.95. The molecule has 0 aliphatic carbocycles. The van der Waals surface area contributed by atoms with Gasteiger partial charge in [-0.3, -0.25) is 0 Å². The molecule has 0 rings (SSSR count). The number of hydrogen-bond donors (Lipinski definition) is 1. The molecule has 0 aliphatic rings. The molecule has 122 valence electrons. The Balaban J connectivity index is 3.11. The van der Waals surface area contributed by atoms with Gasteiger partial charge < -0.3 is 5.11 Å². The van der Waals surface area contributed by atoms with Gasteiger partial charge in [-0.05, 0) is 12.3 Å². The van der Waals surface area contributed by atoms with Crippen molar-refractivity contribution in [2.24, 2.45) is 5.92 Å². The summed E-state index contributed by atoms with van der Waals surface area (Å²) in [4.78, 5) is 0. The molecule has 0 aliphatic heterocycles. The summed E-state index contributed by atoms with van der Waals surface area (Å²) in [6.45, 7) is 5.09.